The molecule has 0 atom stereocenters. The molecule has 0 saturated carbocycles. The number of aliphatic carboxylic acids is 1. The van der Waals surface area contributed by atoms with E-state index in [2.05, 4.69) is 5.32 Å². The van der Waals surface area contributed by atoms with Crippen LogP contribution in [0.15, 0.2) is 60.7 Å². The average Bonchev–Trinajstić information content (AvgIpc) is 3.06. The number of hydrogen-bond donors (Lipinski definition) is 2. The number of nitrogens with one attached hydrogen (secondary N) is 1. The van der Waals surface area contributed by atoms with Crippen molar-refractivity contribution >= 4 is 28.9 Å². The Morgan fingerprint density at radius 2 is 1.77 bits per heavy atom. The van der Waals surface area contributed by atoms with Gasteiger partial charge in [0.2, 0.25) is 0 Å². The third-order valence-corrected chi connectivity index (χ3v) is 4.98. The molecule has 1 heterocycles. The van der Waals surface area contributed by atoms with Crippen LogP contribution in [0.5, 0.6) is 5.75 Å². The zero-order valence-corrected chi connectivity index (χ0v) is 14.9. The van der Waals surface area contributed by atoms with Crippen molar-refractivity contribution in [2.45, 2.75) is 6.42 Å². The van der Waals surface area contributed by atoms with Crippen LogP contribution in [-0.2, 0) is 11.2 Å². The molecule has 2 aromatic carbocycles. The lowest BCUT2D eigenvalue weighted by atomic mass is 10.1. The van der Waals surface area contributed by atoms with Crippen molar-refractivity contribution in [3.05, 3.63) is 71.1 Å². The standard InChI is InChI=1S/C20H17NO4S/c1-25-16-9-7-13(8-10-16)19-14(12-18(22)23)11-17(26-19)20(24)21-15-5-3-2-4-6-15/h2-11H,12H2,1H3,(H,21,24)(H,22,23). The smallest absolute Gasteiger partial charge is 0.307 e. The van der Waals surface area contributed by atoms with Crippen LogP contribution in [0, 0.1) is 0 Å². The molecule has 0 saturated heterocycles. The Labute approximate surface area is 154 Å². The summed E-state index contributed by atoms with van der Waals surface area (Å²) in [6.45, 7) is 0. The van der Waals surface area contributed by atoms with Crippen LogP contribution >= 0.6 is 11.3 Å². The number of anilines is 1. The van der Waals surface area contributed by atoms with Crippen LogP contribution in [0.2, 0.25) is 0 Å². The predicted octanol–water partition coefficient (Wildman–Crippen LogP) is 4.30. The van der Waals surface area contributed by atoms with Crippen LogP contribution in [0.25, 0.3) is 10.4 Å². The number of thiophene rings is 1. The van der Waals surface area contributed by atoms with E-state index >= 15 is 0 Å². The molecule has 3 aromatic rings. The Hall–Kier alpha value is -3.12. The second-order valence-corrected chi connectivity index (χ2v) is 6.64. The van der Waals surface area contributed by atoms with Gasteiger partial charge in [0.15, 0.2) is 0 Å². The topological polar surface area (TPSA) is 75.6 Å². The molecule has 26 heavy (non-hydrogen) atoms. The first-order valence-electron chi connectivity index (χ1n) is 7.92. The monoisotopic (exact) mass is 367 g/mol. The molecule has 0 spiro atoms. The van der Waals surface area contributed by atoms with E-state index in [-0.39, 0.29) is 12.3 Å². The SMILES string of the molecule is COc1ccc(-c2sc(C(=O)Nc3ccccc3)cc2CC(=O)O)cc1. The van der Waals surface area contributed by atoms with Gasteiger partial charge >= 0.3 is 5.97 Å². The van der Waals surface area contributed by atoms with Gasteiger partial charge in [0.1, 0.15) is 5.75 Å². The molecular formula is C20H17NO4S. The van der Waals surface area contributed by atoms with Crippen LogP contribution in [0.1, 0.15) is 15.2 Å². The van der Waals surface area contributed by atoms with E-state index in [1.165, 1.54) is 11.3 Å². The van der Waals surface area contributed by atoms with E-state index in [1.54, 1.807) is 25.3 Å². The molecule has 0 aliphatic rings. The molecule has 3 rings (SSSR count). The first kappa shape index (κ1) is 17.7. The molecule has 6 heteroatoms. The van der Waals surface area contributed by atoms with E-state index in [4.69, 9.17) is 4.74 Å². The first-order valence-corrected chi connectivity index (χ1v) is 8.74. The van der Waals surface area contributed by atoms with Gasteiger partial charge in [0, 0.05) is 10.6 Å². The molecule has 0 aliphatic carbocycles. The number of carboxylic acids is 1. The maximum absolute atomic E-state index is 12.5. The van der Waals surface area contributed by atoms with Crippen molar-refractivity contribution in [1.82, 2.24) is 0 Å². The summed E-state index contributed by atoms with van der Waals surface area (Å²) in [4.78, 5) is 25.0. The van der Waals surface area contributed by atoms with E-state index in [9.17, 15) is 14.7 Å². The summed E-state index contributed by atoms with van der Waals surface area (Å²) in [5.41, 5.74) is 2.16. The van der Waals surface area contributed by atoms with Gasteiger partial charge in [-0.2, -0.15) is 0 Å². The summed E-state index contributed by atoms with van der Waals surface area (Å²) >= 11 is 1.28. The van der Waals surface area contributed by atoms with Crippen LogP contribution in [0.4, 0.5) is 5.69 Å². The number of carbonyl (C=O) groups is 2. The van der Waals surface area contributed by atoms with Crippen molar-refractivity contribution in [3.8, 4) is 16.2 Å². The average molecular weight is 367 g/mol. The minimum absolute atomic E-state index is 0.142. The number of rotatable bonds is 6. The second kappa shape index (κ2) is 7.84. The van der Waals surface area contributed by atoms with Crippen LogP contribution < -0.4 is 10.1 Å². The van der Waals surface area contributed by atoms with Crippen molar-refractivity contribution in [3.63, 3.8) is 0 Å². The molecule has 0 radical (unpaired) electrons. The first-order chi connectivity index (χ1) is 12.6. The molecule has 0 unspecified atom stereocenters. The highest BCUT2D eigenvalue weighted by Crippen LogP contribution is 2.34. The molecule has 0 fully saturated rings. The molecule has 2 N–H and O–H groups in total. The minimum Gasteiger partial charge on any atom is -0.497 e. The number of benzene rings is 2. The van der Waals surface area contributed by atoms with Gasteiger partial charge in [-0.1, -0.05) is 18.2 Å². The van der Waals surface area contributed by atoms with Crippen molar-refractivity contribution in [2.24, 2.45) is 0 Å². The second-order valence-electron chi connectivity index (χ2n) is 5.58. The van der Waals surface area contributed by atoms with E-state index in [0.717, 1.165) is 10.4 Å². The summed E-state index contributed by atoms with van der Waals surface area (Å²) in [6, 6.07) is 18.1. The highest BCUT2D eigenvalue weighted by molar-refractivity contribution is 7.17. The Morgan fingerprint density at radius 3 is 2.38 bits per heavy atom. The fraction of sp³-hybridized carbons (Fsp3) is 0.100. The quantitative estimate of drug-likeness (QED) is 0.681. The Balaban J connectivity index is 1.92. The summed E-state index contributed by atoms with van der Waals surface area (Å²) in [5, 5.41) is 12.0. The minimum atomic E-state index is -0.937. The molecule has 5 nitrogen and oxygen atoms in total. The number of amides is 1. The number of hydrogen-bond acceptors (Lipinski definition) is 4. The third-order valence-electron chi connectivity index (χ3n) is 3.76. The van der Waals surface area contributed by atoms with Crippen LogP contribution in [0.3, 0.4) is 0 Å². The Bertz CT molecular complexity index is 917. The third kappa shape index (κ3) is 4.10. The summed E-state index contributed by atoms with van der Waals surface area (Å²) in [7, 11) is 1.59. The molecule has 1 amide bonds. The summed E-state index contributed by atoms with van der Waals surface area (Å²) < 4.78 is 5.15. The summed E-state index contributed by atoms with van der Waals surface area (Å²) in [5.74, 6) is -0.479. The fourth-order valence-corrected chi connectivity index (χ4v) is 3.62. The largest absolute Gasteiger partial charge is 0.497 e. The van der Waals surface area contributed by atoms with Gasteiger partial charge in [0.25, 0.3) is 5.91 Å². The lowest BCUT2D eigenvalue weighted by Crippen LogP contribution is -2.10. The Kier molecular flexibility index (Phi) is 5.34. The molecule has 0 bridgehead atoms. The van der Waals surface area contributed by atoms with Gasteiger partial charge in [-0.3, -0.25) is 9.59 Å². The van der Waals surface area contributed by atoms with E-state index in [1.807, 2.05) is 42.5 Å². The number of ether oxygens (including phenoxy) is 1. The lowest BCUT2D eigenvalue weighted by molar-refractivity contribution is -0.136. The molecule has 0 aliphatic heterocycles. The fourth-order valence-electron chi connectivity index (χ4n) is 2.54. The van der Waals surface area contributed by atoms with E-state index < -0.39 is 5.97 Å². The Morgan fingerprint density at radius 1 is 1.08 bits per heavy atom. The van der Waals surface area contributed by atoms with Crippen LogP contribution in [-0.4, -0.2) is 24.1 Å². The van der Waals surface area contributed by atoms with Gasteiger partial charge in [-0.15, -0.1) is 11.3 Å². The van der Waals surface area contributed by atoms with Gasteiger partial charge in [-0.25, -0.2) is 0 Å². The maximum atomic E-state index is 12.5. The maximum Gasteiger partial charge on any atom is 0.307 e. The highest BCUT2D eigenvalue weighted by atomic mass is 32.1. The number of para-hydroxylation sites is 1. The van der Waals surface area contributed by atoms with Crippen molar-refractivity contribution in [1.29, 1.82) is 0 Å². The van der Waals surface area contributed by atoms with Gasteiger partial charge in [0.05, 0.1) is 18.4 Å². The number of carboxylic acid groups (broad SMARTS) is 1. The number of carbonyl (C=O) groups excluding carboxylic acids is 1. The molecule has 1 aromatic heterocycles. The van der Waals surface area contributed by atoms with Crippen molar-refractivity contribution in [2.75, 3.05) is 12.4 Å². The van der Waals surface area contributed by atoms with Gasteiger partial charge < -0.3 is 15.2 Å². The van der Waals surface area contributed by atoms with Crippen molar-refractivity contribution < 1.29 is 19.4 Å². The number of methoxy groups -OCH3 is 1. The zero-order chi connectivity index (χ0) is 18.5. The molecular weight excluding hydrogens is 350 g/mol. The summed E-state index contributed by atoms with van der Waals surface area (Å²) in [6.07, 6.45) is -0.142. The lowest BCUT2D eigenvalue weighted by Gasteiger charge is -2.04. The van der Waals surface area contributed by atoms with E-state index in [0.29, 0.717) is 21.9 Å². The predicted molar refractivity (Wildman–Crippen MR) is 102 cm³/mol. The van der Waals surface area contributed by atoms with Gasteiger partial charge in [-0.05, 0) is 53.6 Å². The molecule has 132 valence electrons. The zero-order valence-electron chi connectivity index (χ0n) is 14.1. The highest BCUT2D eigenvalue weighted by Gasteiger charge is 2.18. The normalized spacial score (nSPS) is 10.3.